The molecule has 0 amide bonds. The molecule has 0 bridgehead atoms. The van der Waals surface area contributed by atoms with Crippen molar-refractivity contribution in [2.24, 2.45) is 5.92 Å². The highest BCUT2D eigenvalue weighted by Crippen LogP contribution is 2.26. The molecule has 4 heteroatoms. The molecular weight excluding hydrogens is 202 g/mol. The zero-order valence-electron chi connectivity index (χ0n) is 9.10. The molecule has 0 aromatic carbocycles. The minimum absolute atomic E-state index is 0.180. The van der Waals surface area contributed by atoms with Crippen molar-refractivity contribution in [2.45, 2.75) is 31.8 Å². The first-order chi connectivity index (χ1) is 7.78. The minimum Gasteiger partial charge on any atom is -0.474 e. The van der Waals surface area contributed by atoms with Crippen molar-refractivity contribution in [3.63, 3.8) is 0 Å². The molecule has 1 heterocycles. The van der Waals surface area contributed by atoms with Gasteiger partial charge in [0.2, 0.25) is 5.88 Å². The molecule has 0 unspecified atom stereocenters. The Hall–Kier alpha value is -1.76. The van der Waals surface area contributed by atoms with Crippen molar-refractivity contribution >= 4 is 5.82 Å². The van der Waals surface area contributed by atoms with Gasteiger partial charge in [0.1, 0.15) is 11.9 Å². The van der Waals surface area contributed by atoms with Crippen LogP contribution in [0.3, 0.4) is 0 Å². The molecule has 0 spiro atoms. The van der Waals surface area contributed by atoms with Crippen LogP contribution in [0.5, 0.6) is 5.88 Å². The standard InChI is InChI=1S/C12H15N3O/c13-8-9-4-6-10(7-5-9)16-12-3-1-2-11(14)15-12/h1-3,9-10H,4-7H2,(H2,14,15). The molecule has 2 rings (SSSR count). The van der Waals surface area contributed by atoms with Crippen molar-refractivity contribution < 1.29 is 4.74 Å². The van der Waals surface area contributed by atoms with Crippen LogP contribution in [0.2, 0.25) is 0 Å². The number of rotatable bonds is 2. The third kappa shape index (κ3) is 2.63. The Morgan fingerprint density at radius 1 is 1.31 bits per heavy atom. The van der Waals surface area contributed by atoms with E-state index in [4.69, 9.17) is 15.7 Å². The Kier molecular flexibility index (Phi) is 3.25. The Morgan fingerprint density at radius 3 is 2.69 bits per heavy atom. The highest BCUT2D eigenvalue weighted by Gasteiger charge is 2.22. The van der Waals surface area contributed by atoms with Gasteiger partial charge in [0.15, 0.2) is 0 Å². The molecule has 1 aromatic heterocycles. The largest absolute Gasteiger partial charge is 0.474 e. The average molecular weight is 217 g/mol. The first-order valence-corrected chi connectivity index (χ1v) is 5.57. The van der Waals surface area contributed by atoms with Crippen LogP contribution in [0.15, 0.2) is 18.2 Å². The maximum atomic E-state index is 8.78. The van der Waals surface area contributed by atoms with Crippen molar-refractivity contribution in [1.82, 2.24) is 4.98 Å². The van der Waals surface area contributed by atoms with Crippen LogP contribution in [0, 0.1) is 17.2 Å². The SMILES string of the molecule is N#CC1CCC(Oc2cccc(N)n2)CC1. The van der Waals surface area contributed by atoms with E-state index in [9.17, 15) is 0 Å². The van der Waals surface area contributed by atoms with Gasteiger partial charge in [0.25, 0.3) is 0 Å². The van der Waals surface area contributed by atoms with Crippen molar-refractivity contribution in [3.8, 4) is 11.9 Å². The Labute approximate surface area is 95.0 Å². The highest BCUT2D eigenvalue weighted by atomic mass is 16.5. The van der Waals surface area contributed by atoms with Gasteiger partial charge < -0.3 is 10.5 Å². The summed E-state index contributed by atoms with van der Waals surface area (Å²) in [4.78, 5) is 4.10. The summed E-state index contributed by atoms with van der Waals surface area (Å²) in [5, 5.41) is 8.78. The average Bonchev–Trinajstić information content (AvgIpc) is 2.30. The van der Waals surface area contributed by atoms with Crippen LogP contribution in [-0.2, 0) is 0 Å². The normalized spacial score (nSPS) is 24.7. The van der Waals surface area contributed by atoms with E-state index >= 15 is 0 Å². The molecular formula is C12H15N3O. The van der Waals surface area contributed by atoms with Gasteiger partial charge in [0.05, 0.1) is 6.07 Å². The van der Waals surface area contributed by atoms with E-state index in [1.54, 1.807) is 6.07 Å². The number of aromatic nitrogens is 1. The Balaban J connectivity index is 1.90. The minimum atomic E-state index is 0.180. The third-order valence-electron chi connectivity index (χ3n) is 2.89. The lowest BCUT2D eigenvalue weighted by molar-refractivity contribution is 0.137. The van der Waals surface area contributed by atoms with Gasteiger partial charge in [-0.25, -0.2) is 0 Å². The fourth-order valence-electron chi connectivity index (χ4n) is 1.98. The summed E-state index contributed by atoms with van der Waals surface area (Å²) < 4.78 is 5.73. The fourth-order valence-corrected chi connectivity index (χ4v) is 1.98. The van der Waals surface area contributed by atoms with Gasteiger partial charge in [-0.3, -0.25) is 0 Å². The number of nitrogens with zero attached hydrogens (tertiary/aromatic N) is 2. The molecule has 0 atom stereocenters. The van der Waals surface area contributed by atoms with Gasteiger partial charge in [-0.05, 0) is 31.7 Å². The summed E-state index contributed by atoms with van der Waals surface area (Å²) in [6.07, 6.45) is 3.87. The molecule has 4 nitrogen and oxygen atoms in total. The number of ether oxygens (including phenoxy) is 1. The molecule has 84 valence electrons. The smallest absolute Gasteiger partial charge is 0.215 e. The molecule has 1 aliphatic rings. The fraction of sp³-hybridized carbons (Fsp3) is 0.500. The van der Waals surface area contributed by atoms with Crippen LogP contribution < -0.4 is 10.5 Å². The molecule has 1 aromatic rings. The summed E-state index contributed by atoms with van der Waals surface area (Å²) >= 11 is 0. The number of pyridine rings is 1. The van der Waals surface area contributed by atoms with Gasteiger partial charge in [-0.15, -0.1) is 0 Å². The topological polar surface area (TPSA) is 71.9 Å². The predicted molar refractivity (Wildman–Crippen MR) is 60.6 cm³/mol. The van der Waals surface area contributed by atoms with Gasteiger partial charge in [-0.2, -0.15) is 10.2 Å². The number of nitrogens with two attached hydrogens (primary N) is 1. The first-order valence-electron chi connectivity index (χ1n) is 5.57. The number of nitriles is 1. The maximum Gasteiger partial charge on any atom is 0.215 e. The second-order valence-corrected chi connectivity index (χ2v) is 4.12. The lowest BCUT2D eigenvalue weighted by atomic mass is 9.88. The summed E-state index contributed by atoms with van der Waals surface area (Å²) in [6, 6.07) is 7.69. The Morgan fingerprint density at radius 2 is 2.06 bits per heavy atom. The van der Waals surface area contributed by atoms with Crippen molar-refractivity contribution in [1.29, 1.82) is 5.26 Å². The van der Waals surface area contributed by atoms with E-state index in [0.717, 1.165) is 25.7 Å². The van der Waals surface area contributed by atoms with Crippen LogP contribution in [0.1, 0.15) is 25.7 Å². The zero-order valence-corrected chi connectivity index (χ0v) is 9.10. The zero-order chi connectivity index (χ0) is 11.4. The molecule has 1 saturated carbocycles. The van der Waals surface area contributed by atoms with Crippen LogP contribution >= 0.6 is 0 Å². The van der Waals surface area contributed by atoms with E-state index in [-0.39, 0.29) is 12.0 Å². The molecule has 0 radical (unpaired) electrons. The monoisotopic (exact) mass is 217 g/mol. The first kappa shape index (κ1) is 10.7. The lowest BCUT2D eigenvalue weighted by Crippen LogP contribution is -2.24. The van der Waals surface area contributed by atoms with E-state index in [2.05, 4.69) is 11.1 Å². The van der Waals surface area contributed by atoms with E-state index in [1.165, 1.54) is 0 Å². The quantitative estimate of drug-likeness (QED) is 0.823. The number of hydrogen-bond acceptors (Lipinski definition) is 4. The van der Waals surface area contributed by atoms with Gasteiger partial charge >= 0.3 is 0 Å². The number of anilines is 1. The second kappa shape index (κ2) is 4.84. The molecule has 1 aliphatic carbocycles. The number of nitrogen functional groups attached to an aromatic ring is 1. The van der Waals surface area contributed by atoms with Crippen LogP contribution in [0.25, 0.3) is 0 Å². The second-order valence-electron chi connectivity index (χ2n) is 4.12. The van der Waals surface area contributed by atoms with E-state index < -0.39 is 0 Å². The summed E-state index contributed by atoms with van der Waals surface area (Å²) in [5.74, 6) is 1.26. The molecule has 0 saturated heterocycles. The van der Waals surface area contributed by atoms with Crippen LogP contribution in [-0.4, -0.2) is 11.1 Å². The summed E-state index contributed by atoms with van der Waals surface area (Å²) in [6.45, 7) is 0. The van der Waals surface area contributed by atoms with Gasteiger partial charge in [0, 0.05) is 12.0 Å². The Bertz CT molecular complexity index is 391. The van der Waals surface area contributed by atoms with Crippen LogP contribution in [0.4, 0.5) is 5.82 Å². The molecule has 2 N–H and O–H groups in total. The van der Waals surface area contributed by atoms with Crippen molar-refractivity contribution in [2.75, 3.05) is 5.73 Å². The summed E-state index contributed by atoms with van der Waals surface area (Å²) in [5.41, 5.74) is 5.57. The number of hydrogen-bond donors (Lipinski definition) is 1. The van der Waals surface area contributed by atoms with Gasteiger partial charge in [-0.1, -0.05) is 6.07 Å². The molecule has 16 heavy (non-hydrogen) atoms. The molecule has 1 fully saturated rings. The predicted octanol–water partition coefficient (Wildman–Crippen LogP) is 2.12. The van der Waals surface area contributed by atoms with Crippen molar-refractivity contribution in [3.05, 3.63) is 18.2 Å². The lowest BCUT2D eigenvalue weighted by Gasteiger charge is -2.25. The maximum absolute atomic E-state index is 8.78. The van der Waals surface area contributed by atoms with E-state index in [1.807, 2.05) is 12.1 Å². The molecule has 0 aliphatic heterocycles. The highest BCUT2D eigenvalue weighted by molar-refractivity contribution is 5.31. The third-order valence-corrected chi connectivity index (χ3v) is 2.89. The summed E-state index contributed by atoms with van der Waals surface area (Å²) in [7, 11) is 0. The van der Waals surface area contributed by atoms with E-state index in [0.29, 0.717) is 11.7 Å².